The van der Waals surface area contributed by atoms with Crippen LogP contribution in [0.15, 0.2) is 54.6 Å². The molecule has 2 heterocycles. The number of hydroxylamine groups is 1. The second-order valence-corrected chi connectivity index (χ2v) is 11.7. The lowest BCUT2D eigenvalue weighted by molar-refractivity contribution is -0.192. The van der Waals surface area contributed by atoms with E-state index in [1.807, 2.05) is 58.0 Å². The lowest BCUT2D eigenvalue weighted by atomic mass is 9.92. The van der Waals surface area contributed by atoms with Gasteiger partial charge in [0, 0.05) is 40.7 Å². The summed E-state index contributed by atoms with van der Waals surface area (Å²) in [4.78, 5) is 53.1. The van der Waals surface area contributed by atoms with E-state index in [0.29, 0.717) is 30.9 Å². The molecule has 1 aliphatic rings. The molecular weight excluding hydrogens is 597 g/mol. The summed E-state index contributed by atoms with van der Waals surface area (Å²) in [6.45, 7) is 8.38. The summed E-state index contributed by atoms with van der Waals surface area (Å²) in [5.74, 6) is -3.21. The fraction of sp³-hybridized carbons (Fsp3) is 0.387. The van der Waals surface area contributed by atoms with Crippen molar-refractivity contribution in [1.82, 2.24) is 20.7 Å². The van der Waals surface area contributed by atoms with Crippen LogP contribution in [-0.2, 0) is 21.0 Å². The standard InChI is InChI=1S/C29H34N4O5.C2HF3O2/c1-19-15-21(23-7-5-6-8-24(23)30-19)17-38-22-11-9-20(10-12-22)26(35)31-29(16-25(34)32-37)13-14-33(18-29)27(36)28(2,3)4;3-2(4,5)1(6)7/h5-12,15,37H,13-14,16-18H2,1-4H3,(H,31,35)(H,32,34);(H,6,7). The fourth-order valence-electron chi connectivity index (χ4n) is 4.85. The quantitative estimate of drug-likeness (QED) is 0.221. The van der Waals surface area contributed by atoms with Crippen LogP contribution in [0.3, 0.4) is 0 Å². The molecule has 0 aliphatic carbocycles. The van der Waals surface area contributed by atoms with Crippen molar-refractivity contribution in [2.24, 2.45) is 5.41 Å². The molecule has 45 heavy (non-hydrogen) atoms. The van der Waals surface area contributed by atoms with E-state index in [0.717, 1.165) is 22.2 Å². The Morgan fingerprint density at radius 1 is 1.04 bits per heavy atom. The van der Waals surface area contributed by atoms with Crippen molar-refractivity contribution >= 4 is 34.6 Å². The van der Waals surface area contributed by atoms with Gasteiger partial charge in [0.2, 0.25) is 11.8 Å². The average Bonchev–Trinajstić information content (AvgIpc) is 3.37. The molecule has 1 saturated heterocycles. The van der Waals surface area contributed by atoms with Gasteiger partial charge < -0.3 is 20.1 Å². The van der Waals surface area contributed by atoms with Gasteiger partial charge in [0.1, 0.15) is 12.4 Å². The number of pyridine rings is 1. The van der Waals surface area contributed by atoms with Crippen LogP contribution >= 0.6 is 0 Å². The zero-order chi connectivity index (χ0) is 33.6. The molecule has 4 N–H and O–H groups in total. The summed E-state index contributed by atoms with van der Waals surface area (Å²) < 4.78 is 37.7. The lowest BCUT2D eigenvalue weighted by Gasteiger charge is -2.31. The Morgan fingerprint density at radius 2 is 1.67 bits per heavy atom. The van der Waals surface area contributed by atoms with Crippen LogP contribution in [0.5, 0.6) is 5.75 Å². The number of aliphatic carboxylic acids is 1. The molecule has 2 aromatic carbocycles. The lowest BCUT2D eigenvalue weighted by Crippen LogP contribution is -2.53. The van der Waals surface area contributed by atoms with Crippen molar-refractivity contribution in [1.29, 1.82) is 0 Å². The van der Waals surface area contributed by atoms with Gasteiger partial charge in [-0.05, 0) is 49.7 Å². The van der Waals surface area contributed by atoms with Crippen molar-refractivity contribution in [3.05, 3.63) is 71.4 Å². The Hall–Kier alpha value is -4.72. The molecule has 3 amide bonds. The molecule has 0 radical (unpaired) electrons. The van der Waals surface area contributed by atoms with Gasteiger partial charge in [-0.2, -0.15) is 13.2 Å². The van der Waals surface area contributed by atoms with Crippen molar-refractivity contribution in [2.75, 3.05) is 13.1 Å². The maximum absolute atomic E-state index is 13.2. The molecule has 0 spiro atoms. The van der Waals surface area contributed by atoms with Crippen LogP contribution in [0.4, 0.5) is 13.2 Å². The Bertz CT molecular complexity index is 1560. The van der Waals surface area contributed by atoms with Crippen LogP contribution in [0.25, 0.3) is 10.9 Å². The second kappa shape index (κ2) is 13.9. The number of alkyl halides is 3. The molecular formula is C31H35F3N4O7. The van der Waals surface area contributed by atoms with Crippen molar-refractivity contribution in [3.63, 3.8) is 0 Å². The van der Waals surface area contributed by atoms with E-state index >= 15 is 0 Å². The minimum atomic E-state index is -5.08. The first-order chi connectivity index (χ1) is 20.9. The van der Waals surface area contributed by atoms with Crippen molar-refractivity contribution in [3.8, 4) is 5.75 Å². The third-order valence-corrected chi connectivity index (χ3v) is 6.97. The monoisotopic (exact) mass is 632 g/mol. The Morgan fingerprint density at radius 3 is 2.24 bits per heavy atom. The minimum Gasteiger partial charge on any atom is -0.489 e. The number of benzene rings is 2. The molecule has 4 rings (SSSR count). The van der Waals surface area contributed by atoms with E-state index in [1.165, 1.54) is 0 Å². The van der Waals surface area contributed by atoms with Crippen molar-refractivity contribution < 1.29 is 47.4 Å². The number of fused-ring (bicyclic) bond motifs is 1. The molecule has 242 valence electrons. The summed E-state index contributed by atoms with van der Waals surface area (Å²) in [6, 6.07) is 16.7. The first-order valence-corrected chi connectivity index (χ1v) is 13.9. The third kappa shape index (κ3) is 9.38. The molecule has 1 unspecified atom stereocenters. The predicted molar refractivity (Wildman–Crippen MR) is 156 cm³/mol. The van der Waals surface area contributed by atoms with Crippen LogP contribution in [-0.4, -0.2) is 68.7 Å². The molecule has 1 atom stereocenters. The molecule has 1 aliphatic heterocycles. The predicted octanol–water partition coefficient (Wildman–Crippen LogP) is 4.40. The van der Waals surface area contributed by atoms with Gasteiger partial charge in [-0.15, -0.1) is 0 Å². The number of ether oxygens (including phenoxy) is 1. The summed E-state index contributed by atoms with van der Waals surface area (Å²) in [7, 11) is 0. The largest absolute Gasteiger partial charge is 0.490 e. The molecule has 1 fully saturated rings. The number of aryl methyl sites for hydroxylation is 1. The van der Waals surface area contributed by atoms with Crippen molar-refractivity contribution in [2.45, 2.75) is 58.9 Å². The van der Waals surface area contributed by atoms with Gasteiger partial charge in [-0.3, -0.25) is 24.6 Å². The molecule has 11 nitrogen and oxygen atoms in total. The number of rotatable bonds is 7. The molecule has 3 aromatic rings. The number of halogens is 3. The summed E-state index contributed by atoms with van der Waals surface area (Å²) >= 11 is 0. The number of hydrogen-bond acceptors (Lipinski definition) is 7. The highest BCUT2D eigenvalue weighted by atomic mass is 19.4. The van der Waals surface area contributed by atoms with E-state index in [4.69, 9.17) is 19.8 Å². The van der Waals surface area contributed by atoms with Crippen LogP contribution in [0.2, 0.25) is 0 Å². The Balaban J connectivity index is 0.000000707. The van der Waals surface area contributed by atoms with Gasteiger partial charge in [-0.25, -0.2) is 10.3 Å². The SMILES string of the molecule is Cc1cc(COc2ccc(C(=O)NC3(CC(=O)NO)CCN(C(=O)C(C)(C)C)C3)cc2)c2ccccc2n1.O=C(O)C(F)(F)F. The van der Waals surface area contributed by atoms with E-state index in [1.54, 1.807) is 34.6 Å². The normalized spacial score (nSPS) is 16.4. The highest BCUT2D eigenvalue weighted by Gasteiger charge is 2.44. The van der Waals surface area contributed by atoms with E-state index in [2.05, 4.69) is 10.3 Å². The van der Waals surface area contributed by atoms with Crippen LogP contribution in [0.1, 0.15) is 55.2 Å². The number of likely N-dealkylation sites (tertiary alicyclic amines) is 1. The van der Waals surface area contributed by atoms with Gasteiger partial charge >= 0.3 is 12.1 Å². The highest BCUT2D eigenvalue weighted by Crippen LogP contribution is 2.30. The minimum absolute atomic E-state index is 0.0586. The summed E-state index contributed by atoms with van der Waals surface area (Å²) in [5, 5.41) is 20.2. The number of hydrogen-bond donors (Lipinski definition) is 4. The van der Waals surface area contributed by atoms with Gasteiger partial charge in [0.05, 0.1) is 17.5 Å². The number of nitrogens with zero attached hydrogens (tertiary/aromatic N) is 2. The maximum atomic E-state index is 13.2. The van der Waals surface area contributed by atoms with Gasteiger partial charge in [-0.1, -0.05) is 39.0 Å². The number of para-hydroxylation sites is 1. The molecule has 0 bridgehead atoms. The van der Waals surface area contributed by atoms with E-state index in [9.17, 15) is 27.6 Å². The Kier molecular flexibility index (Phi) is 10.8. The number of carbonyl (C=O) groups is 4. The second-order valence-electron chi connectivity index (χ2n) is 11.7. The number of carboxylic acids is 1. The fourth-order valence-corrected chi connectivity index (χ4v) is 4.85. The number of amides is 3. The topological polar surface area (TPSA) is 158 Å². The number of nitrogens with one attached hydrogen (secondary N) is 2. The smallest absolute Gasteiger partial charge is 0.489 e. The van der Waals surface area contributed by atoms with Crippen LogP contribution in [0, 0.1) is 12.3 Å². The first-order valence-electron chi connectivity index (χ1n) is 13.9. The maximum Gasteiger partial charge on any atom is 0.490 e. The third-order valence-electron chi connectivity index (χ3n) is 6.97. The highest BCUT2D eigenvalue weighted by molar-refractivity contribution is 5.95. The Labute approximate surface area is 257 Å². The zero-order valence-electron chi connectivity index (χ0n) is 25.2. The molecule has 0 saturated carbocycles. The van der Waals surface area contributed by atoms with E-state index < -0.39 is 29.0 Å². The van der Waals surface area contributed by atoms with Gasteiger partial charge in [0.25, 0.3) is 5.91 Å². The van der Waals surface area contributed by atoms with Crippen LogP contribution < -0.4 is 15.5 Å². The number of carboxylic acid groups (broad SMARTS) is 1. The number of carbonyl (C=O) groups excluding carboxylic acids is 3. The molecule has 14 heteroatoms. The van der Waals surface area contributed by atoms with Gasteiger partial charge in [0.15, 0.2) is 0 Å². The number of aromatic nitrogens is 1. The van der Waals surface area contributed by atoms with E-state index in [-0.39, 0.29) is 24.8 Å². The average molecular weight is 633 g/mol. The molecule has 1 aromatic heterocycles. The zero-order valence-corrected chi connectivity index (χ0v) is 25.2. The first kappa shape index (κ1) is 34.8. The summed E-state index contributed by atoms with van der Waals surface area (Å²) in [6.07, 6.45) is -4.84. The summed E-state index contributed by atoms with van der Waals surface area (Å²) in [5.41, 5.74) is 3.31.